The minimum Gasteiger partial charge on any atom is -0.481 e. The number of ether oxygens (including phenoxy) is 2. The number of hydrogen-bond acceptors (Lipinski definition) is 7. The molecule has 1 atom stereocenters. The normalized spacial score (nSPS) is 21.4. The standard InChI is InChI=1S/C20H26N4O4/c1-13(2)17-22-23-18(28-17)15-11-24(12-20(15)6-8-27-9-7-20)19(25)14-4-5-16(26-3)21-10-14/h4-5,10,13,15H,6-9,11-12H2,1-3H3. The molecule has 2 aromatic rings. The number of carbonyl (C=O) groups is 1. The molecule has 2 aliphatic rings. The molecule has 1 spiro atoms. The quantitative estimate of drug-likeness (QED) is 0.798. The van der Waals surface area contributed by atoms with Crippen molar-refractivity contribution in [1.29, 1.82) is 0 Å². The van der Waals surface area contributed by atoms with Gasteiger partial charge in [0.25, 0.3) is 5.91 Å². The van der Waals surface area contributed by atoms with E-state index in [0.29, 0.717) is 49.5 Å². The first kappa shape index (κ1) is 18.9. The zero-order chi connectivity index (χ0) is 19.7. The number of methoxy groups -OCH3 is 1. The van der Waals surface area contributed by atoms with Crippen molar-refractivity contribution in [1.82, 2.24) is 20.1 Å². The molecule has 2 saturated heterocycles. The number of nitrogens with zero attached hydrogens (tertiary/aromatic N) is 4. The molecule has 0 radical (unpaired) electrons. The summed E-state index contributed by atoms with van der Waals surface area (Å²) in [6, 6.07) is 3.46. The highest BCUT2D eigenvalue weighted by molar-refractivity contribution is 5.94. The van der Waals surface area contributed by atoms with E-state index in [9.17, 15) is 4.79 Å². The maximum atomic E-state index is 13.1. The van der Waals surface area contributed by atoms with Crippen molar-refractivity contribution in [2.24, 2.45) is 5.41 Å². The number of amides is 1. The summed E-state index contributed by atoms with van der Waals surface area (Å²) in [6.07, 6.45) is 3.32. The van der Waals surface area contributed by atoms with Crippen LogP contribution < -0.4 is 4.74 Å². The van der Waals surface area contributed by atoms with Gasteiger partial charge in [-0.25, -0.2) is 4.98 Å². The van der Waals surface area contributed by atoms with Crippen LogP contribution >= 0.6 is 0 Å². The molecule has 150 valence electrons. The molecule has 0 saturated carbocycles. The number of carbonyl (C=O) groups excluding carboxylic acids is 1. The van der Waals surface area contributed by atoms with Crippen molar-refractivity contribution in [2.75, 3.05) is 33.4 Å². The zero-order valence-corrected chi connectivity index (χ0v) is 16.6. The molecule has 0 aromatic carbocycles. The van der Waals surface area contributed by atoms with E-state index in [1.807, 2.05) is 18.7 Å². The summed E-state index contributed by atoms with van der Waals surface area (Å²) in [5, 5.41) is 8.54. The zero-order valence-electron chi connectivity index (χ0n) is 16.6. The third kappa shape index (κ3) is 3.37. The molecule has 2 aliphatic heterocycles. The van der Waals surface area contributed by atoms with E-state index < -0.39 is 0 Å². The van der Waals surface area contributed by atoms with Crippen LogP contribution in [-0.4, -0.2) is 59.4 Å². The number of aromatic nitrogens is 3. The Hall–Kier alpha value is -2.48. The molecule has 0 aliphatic carbocycles. The summed E-state index contributed by atoms with van der Waals surface area (Å²) >= 11 is 0. The van der Waals surface area contributed by atoms with Crippen LogP contribution in [-0.2, 0) is 4.74 Å². The van der Waals surface area contributed by atoms with Crippen molar-refractivity contribution < 1.29 is 18.7 Å². The lowest BCUT2D eigenvalue weighted by Gasteiger charge is -2.36. The van der Waals surface area contributed by atoms with Gasteiger partial charge < -0.3 is 18.8 Å². The fourth-order valence-corrected chi connectivity index (χ4v) is 4.18. The van der Waals surface area contributed by atoms with Crippen molar-refractivity contribution in [3.05, 3.63) is 35.7 Å². The van der Waals surface area contributed by atoms with Crippen LogP contribution in [0.1, 0.15) is 60.7 Å². The largest absolute Gasteiger partial charge is 0.481 e. The average molecular weight is 386 g/mol. The number of likely N-dealkylation sites (tertiary alicyclic amines) is 1. The van der Waals surface area contributed by atoms with Crippen LogP contribution in [0.3, 0.4) is 0 Å². The van der Waals surface area contributed by atoms with Gasteiger partial charge in [-0.15, -0.1) is 10.2 Å². The second-order valence-electron chi connectivity index (χ2n) is 7.94. The topological polar surface area (TPSA) is 90.6 Å². The van der Waals surface area contributed by atoms with Crippen molar-refractivity contribution in [3.8, 4) is 5.88 Å². The van der Waals surface area contributed by atoms with E-state index in [1.54, 1.807) is 25.4 Å². The summed E-state index contributed by atoms with van der Waals surface area (Å²) in [7, 11) is 1.56. The summed E-state index contributed by atoms with van der Waals surface area (Å²) in [5.41, 5.74) is 0.464. The summed E-state index contributed by atoms with van der Waals surface area (Å²) in [5.74, 6) is 1.92. The van der Waals surface area contributed by atoms with Crippen molar-refractivity contribution >= 4 is 5.91 Å². The van der Waals surface area contributed by atoms with E-state index in [1.165, 1.54) is 0 Å². The van der Waals surface area contributed by atoms with Gasteiger partial charge in [0.2, 0.25) is 17.7 Å². The van der Waals surface area contributed by atoms with Gasteiger partial charge in [0.05, 0.1) is 18.6 Å². The Morgan fingerprint density at radius 3 is 2.68 bits per heavy atom. The highest BCUT2D eigenvalue weighted by Crippen LogP contribution is 2.49. The SMILES string of the molecule is COc1ccc(C(=O)N2CC(c3nnc(C(C)C)o3)C3(CCOCC3)C2)cn1. The predicted molar refractivity (Wildman–Crippen MR) is 100 cm³/mol. The fraction of sp³-hybridized carbons (Fsp3) is 0.600. The van der Waals surface area contributed by atoms with Crippen LogP contribution in [0, 0.1) is 5.41 Å². The van der Waals surface area contributed by atoms with Gasteiger partial charge in [0, 0.05) is 49.9 Å². The number of pyridine rings is 1. The van der Waals surface area contributed by atoms with Gasteiger partial charge in [0.15, 0.2) is 0 Å². The van der Waals surface area contributed by atoms with E-state index in [-0.39, 0.29) is 23.2 Å². The second-order valence-corrected chi connectivity index (χ2v) is 7.94. The molecular weight excluding hydrogens is 360 g/mol. The summed E-state index contributed by atoms with van der Waals surface area (Å²) < 4.78 is 16.7. The average Bonchev–Trinajstić information content (AvgIpc) is 3.34. The van der Waals surface area contributed by atoms with Crippen LogP contribution in [0.4, 0.5) is 0 Å². The fourth-order valence-electron chi connectivity index (χ4n) is 4.18. The first-order valence-electron chi connectivity index (χ1n) is 9.73. The molecule has 28 heavy (non-hydrogen) atoms. The summed E-state index contributed by atoms with van der Waals surface area (Å²) in [4.78, 5) is 19.2. The maximum Gasteiger partial charge on any atom is 0.255 e. The van der Waals surface area contributed by atoms with Gasteiger partial charge in [-0.2, -0.15) is 0 Å². The van der Waals surface area contributed by atoms with E-state index in [4.69, 9.17) is 13.9 Å². The van der Waals surface area contributed by atoms with Gasteiger partial charge in [-0.05, 0) is 18.9 Å². The molecular formula is C20H26N4O4. The Morgan fingerprint density at radius 1 is 1.29 bits per heavy atom. The molecule has 0 bridgehead atoms. The monoisotopic (exact) mass is 386 g/mol. The van der Waals surface area contributed by atoms with Crippen molar-refractivity contribution in [2.45, 2.75) is 38.5 Å². The first-order chi connectivity index (χ1) is 13.5. The number of rotatable bonds is 4. The summed E-state index contributed by atoms with van der Waals surface area (Å²) in [6.45, 7) is 6.66. The van der Waals surface area contributed by atoms with E-state index in [0.717, 1.165) is 12.8 Å². The first-order valence-corrected chi connectivity index (χ1v) is 9.73. The van der Waals surface area contributed by atoms with Gasteiger partial charge in [-0.3, -0.25) is 4.79 Å². The smallest absolute Gasteiger partial charge is 0.255 e. The second kappa shape index (κ2) is 7.50. The highest BCUT2D eigenvalue weighted by Gasteiger charge is 2.51. The molecule has 1 unspecified atom stereocenters. The van der Waals surface area contributed by atoms with E-state index in [2.05, 4.69) is 15.2 Å². The third-order valence-corrected chi connectivity index (χ3v) is 5.86. The lowest BCUT2D eigenvalue weighted by atomic mass is 9.72. The van der Waals surface area contributed by atoms with Gasteiger partial charge in [-0.1, -0.05) is 13.8 Å². The van der Waals surface area contributed by atoms with Gasteiger partial charge in [0.1, 0.15) is 0 Å². The minimum atomic E-state index is -0.0887. The molecule has 4 heterocycles. The Balaban J connectivity index is 1.60. The lowest BCUT2D eigenvalue weighted by Crippen LogP contribution is -2.37. The van der Waals surface area contributed by atoms with E-state index >= 15 is 0 Å². The molecule has 0 N–H and O–H groups in total. The molecule has 8 heteroatoms. The van der Waals surface area contributed by atoms with Crippen LogP contribution in [0.15, 0.2) is 22.7 Å². The molecule has 8 nitrogen and oxygen atoms in total. The Bertz CT molecular complexity index is 827. The Labute approximate surface area is 164 Å². The Kier molecular flexibility index (Phi) is 5.05. The van der Waals surface area contributed by atoms with Crippen LogP contribution in [0.25, 0.3) is 0 Å². The van der Waals surface area contributed by atoms with Crippen molar-refractivity contribution in [3.63, 3.8) is 0 Å². The molecule has 2 aromatic heterocycles. The lowest BCUT2D eigenvalue weighted by molar-refractivity contribution is 0.00887. The molecule has 4 rings (SSSR count). The third-order valence-electron chi connectivity index (χ3n) is 5.86. The molecule has 2 fully saturated rings. The maximum absolute atomic E-state index is 13.1. The minimum absolute atomic E-state index is 0.0200. The van der Waals surface area contributed by atoms with Crippen LogP contribution in [0.5, 0.6) is 5.88 Å². The highest BCUT2D eigenvalue weighted by atomic mass is 16.5. The van der Waals surface area contributed by atoms with Crippen LogP contribution in [0.2, 0.25) is 0 Å². The van der Waals surface area contributed by atoms with Gasteiger partial charge >= 0.3 is 0 Å². The molecule has 1 amide bonds. The predicted octanol–water partition coefficient (Wildman–Crippen LogP) is 2.63. The Morgan fingerprint density at radius 2 is 2.07 bits per heavy atom. The number of hydrogen-bond donors (Lipinski definition) is 0.